The van der Waals surface area contributed by atoms with E-state index in [1.165, 1.54) is 11.1 Å². The second-order valence-corrected chi connectivity index (χ2v) is 5.83. The van der Waals surface area contributed by atoms with E-state index in [0.717, 1.165) is 43.7 Å². The van der Waals surface area contributed by atoms with Gasteiger partial charge in [0, 0.05) is 17.6 Å². The van der Waals surface area contributed by atoms with E-state index in [1.807, 2.05) is 6.07 Å². The topological polar surface area (TPSA) is 32.3 Å². The molecule has 0 aromatic heterocycles. The van der Waals surface area contributed by atoms with Gasteiger partial charge in [-0.1, -0.05) is 17.7 Å². The Hall–Kier alpha value is -0.570. The lowest BCUT2D eigenvalue weighted by Crippen LogP contribution is -2.46. The Bertz CT molecular complexity index is 428. The third-order valence-electron chi connectivity index (χ3n) is 4.14. The van der Waals surface area contributed by atoms with E-state index in [1.54, 1.807) is 0 Å². The zero-order valence-electron chi connectivity index (χ0n) is 9.88. The first-order valence-electron chi connectivity index (χ1n) is 6.40. The molecule has 3 heteroatoms. The van der Waals surface area contributed by atoms with Crippen molar-refractivity contribution in [3.63, 3.8) is 0 Å². The molecule has 2 nitrogen and oxygen atoms in total. The summed E-state index contributed by atoms with van der Waals surface area (Å²) in [6.07, 6.45) is 5.26. The maximum absolute atomic E-state index is 10.1. The fourth-order valence-corrected chi connectivity index (χ4v) is 3.07. The number of aryl methyl sites for hydroxylation is 1. The van der Waals surface area contributed by atoms with Gasteiger partial charge in [0.1, 0.15) is 0 Å². The van der Waals surface area contributed by atoms with Crippen molar-refractivity contribution in [3.8, 4) is 0 Å². The summed E-state index contributed by atoms with van der Waals surface area (Å²) in [7, 11) is 0. The maximum atomic E-state index is 10.1. The van der Waals surface area contributed by atoms with E-state index in [-0.39, 0.29) is 0 Å². The number of hydrogen-bond donors (Lipinski definition) is 2. The number of nitrogens with one attached hydrogen (secondary N) is 1. The lowest BCUT2D eigenvalue weighted by molar-refractivity contribution is -0.0332. The molecule has 1 atom stereocenters. The molecule has 0 spiro atoms. The van der Waals surface area contributed by atoms with Crippen LogP contribution in [0.2, 0.25) is 5.02 Å². The number of hydrogen-bond acceptors (Lipinski definition) is 2. The standard InChI is InChI=1S/C14H18ClNO/c15-11-3-4-12-10(8-11)2-5-13(12)16-9-14(17)6-1-7-14/h3-4,8,13,16-17H,1-2,5-7,9H2. The van der Waals surface area contributed by atoms with E-state index in [9.17, 15) is 5.11 Å². The van der Waals surface area contributed by atoms with Gasteiger partial charge in [0.2, 0.25) is 0 Å². The molecular formula is C14H18ClNO. The average molecular weight is 252 g/mol. The molecule has 2 aliphatic rings. The molecule has 0 radical (unpaired) electrons. The number of halogens is 1. The van der Waals surface area contributed by atoms with Crippen molar-refractivity contribution < 1.29 is 5.11 Å². The molecule has 2 aliphatic carbocycles. The van der Waals surface area contributed by atoms with Gasteiger partial charge in [-0.05, 0) is 55.4 Å². The highest BCUT2D eigenvalue weighted by Crippen LogP contribution is 2.35. The zero-order chi connectivity index (χ0) is 11.9. The first-order chi connectivity index (χ1) is 8.16. The highest BCUT2D eigenvalue weighted by molar-refractivity contribution is 6.30. The predicted molar refractivity (Wildman–Crippen MR) is 69.3 cm³/mol. The highest BCUT2D eigenvalue weighted by atomic mass is 35.5. The molecule has 1 unspecified atom stereocenters. The highest BCUT2D eigenvalue weighted by Gasteiger charge is 2.35. The Balaban J connectivity index is 1.67. The molecule has 0 aliphatic heterocycles. The van der Waals surface area contributed by atoms with Crippen molar-refractivity contribution in [1.29, 1.82) is 0 Å². The van der Waals surface area contributed by atoms with Gasteiger partial charge in [-0.15, -0.1) is 0 Å². The molecular weight excluding hydrogens is 234 g/mol. The fraction of sp³-hybridized carbons (Fsp3) is 0.571. The van der Waals surface area contributed by atoms with Crippen LogP contribution in [0.5, 0.6) is 0 Å². The third kappa shape index (κ3) is 2.22. The van der Waals surface area contributed by atoms with Crippen molar-refractivity contribution in [2.45, 2.75) is 43.7 Å². The predicted octanol–water partition coefficient (Wildman–Crippen LogP) is 2.83. The van der Waals surface area contributed by atoms with Gasteiger partial charge in [-0.3, -0.25) is 0 Å². The number of fused-ring (bicyclic) bond motifs is 1. The first-order valence-corrected chi connectivity index (χ1v) is 6.78. The van der Waals surface area contributed by atoms with Crippen LogP contribution < -0.4 is 5.32 Å². The van der Waals surface area contributed by atoms with Crippen molar-refractivity contribution in [1.82, 2.24) is 5.32 Å². The van der Waals surface area contributed by atoms with Crippen LogP contribution in [-0.4, -0.2) is 17.3 Å². The summed E-state index contributed by atoms with van der Waals surface area (Å²) in [4.78, 5) is 0. The molecule has 3 rings (SSSR count). The summed E-state index contributed by atoms with van der Waals surface area (Å²) in [6.45, 7) is 0.722. The summed E-state index contributed by atoms with van der Waals surface area (Å²) in [5, 5.41) is 14.4. The largest absolute Gasteiger partial charge is 0.389 e. The minimum atomic E-state index is -0.435. The van der Waals surface area contributed by atoms with Crippen LogP contribution in [0, 0.1) is 0 Å². The van der Waals surface area contributed by atoms with E-state index in [4.69, 9.17) is 11.6 Å². The molecule has 1 fully saturated rings. The molecule has 17 heavy (non-hydrogen) atoms. The molecule has 1 aromatic rings. The van der Waals surface area contributed by atoms with Gasteiger partial charge in [0.05, 0.1) is 5.60 Å². The summed E-state index contributed by atoms with van der Waals surface area (Å²) in [6, 6.07) is 6.54. The minimum Gasteiger partial charge on any atom is -0.389 e. The van der Waals surface area contributed by atoms with Crippen molar-refractivity contribution >= 4 is 11.6 Å². The molecule has 0 saturated heterocycles. The Morgan fingerprint density at radius 1 is 1.41 bits per heavy atom. The Morgan fingerprint density at radius 2 is 2.24 bits per heavy atom. The second-order valence-electron chi connectivity index (χ2n) is 5.39. The summed E-state index contributed by atoms with van der Waals surface area (Å²) in [5.74, 6) is 0. The van der Waals surface area contributed by atoms with Gasteiger partial charge in [0.15, 0.2) is 0 Å². The number of rotatable bonds is 3. The molecule has 0 amide bonds. The molecule has 2 N–H and O–H groups in total. The summed E-state index contributed by atoms with van der Waals surface area (Å²) < 4.78 is 0. The van der Waals surface area contributed by atoms with E-state index in [0.29, 0.717) is 6.04 Å². The van der Waals surface area contributed by atoms with Gasteiger partial charge in [0.25, 0.3) is 0 Å². The van der Waals surface area contributed by atoms with Crippen molar-refractivity contribution in [2.24, 2.45) is 0 Å². The normalized spacial score (nSPS) is 25.4. The van der Waals surface area contributed by atoms with Gasteiger partial charge < -0.3 is 10.4 Å². The van der Waals surface area contributed by atoms with Crippen LogP contribution >= 0.6 is 11.6 Å². The maximum Gasteiger partial charge on any atom is 0.0771 e. The zero-order valence-corrected chi connectivity index (χ0v) is 10.6. The lowest BCUT2D eigenvalue weighted by Gasteiger charge is -2.37. The van der Waals surface area contributed by atoms with Crippen molar-refractivity contribution in [3.05, 3.63) is 34.3 Å². The van der Waals surface area contributed by atoms with Gasteiger partial charge in [-0.25, -0.2) is 0 Å². The van der Waals surface area contributed by atoms with Crippen LogP contribution in [0.1, 0.15) is 42.9 Å². The number of benzene rings is 1. The van der Waals surface area contributed by atoms with Crippen molar-refractivity contribution in [2.75, 3.05) is 6.54 Å². The van der Waals surface area contributed by atoms with Crippen LogP contribution in [0.3, 0.4) is 0 Å². The first kappa shape index (κ1) is 11.5. The van der Waals surface area contributed by atoms with Gasteiger partial charge in [-0.2, -0.15) is 0 Å². The third-order valence-corrected chi connectivity index (χ3v) is 4.38. The van der Waals surface area contributed by atoms with E-state index >= 15 is 0 Å². The van der Waals surface area contributed by atoms with Crippen LogP contribution in [-0.2, 0) is 6.42 Å². The molecule has 0 bridgehead atoms. The monoisotopic (exact) mass is 251 g/mol. The lowest BCUT2D eigenvalue weighted by atomic mass is 9.80. The summed E-state index contributed by atoms with van der Waals surface area (Å²) in [5.41, 5.74) is 2.28. The van der Waals surface area contributed by atoms with E-state index in [2.05, 4.69) is 17.4 Å². The fourth-order valence-electron chi connectivity index (χ4n) is 2.87. The Morgan fingerprint density at radius 3 is 2.94 bits per heavy atom. The molecule has 1 saturated carbocycles. The summed E-state index contributed by atoms with van der Waals surface area (Å²) >= 11 is 5.99. The second kappa shape index (κ2) is 4.27. The van der Waals surface area contributed by atoms with E-state index < -0.39 is 5.60 Å². The Kier molecular flexibility index (Phi) is 2.89. The average Bonchev–Trinajstić information content (AvgIpc) is 2.66. The quantitative estimate of drug-likeness (QED) is 0.866. The molecule has 0 heterocycles. The Labute approximate surface area is 107 Å². The van der Waals surface area contributed by atoms with Crippen LogP contribution in [0.15, 0.2) is 18.2 Å². The SMILES string of the molecule is OC1(CNC2CCc3cc(Cl)ccc32)CCC1. The number of aliphatic hydroxyl groups is 1. The van der Waals surface area contributed by atoms with Crippen LogP contribution in [0.4, 0.5) is 0 Å². The molecule has 1 aromatic carbocycles. The smallest absolute Gasteiger partial charge is 0.0771 e. The molecule has 92 valence electrons. The van der Waals surface area contributed by atoms with Crippen LogP contribution in [0.25, 0.3) is 0 Å². The van der Waals surface area contributed by atoms with Gasteiger partial charge >= 0.3 is 0 Å². The minimum absolute atomic E-state index is 0.395.